The van der Waals surface area contributed by atoms with Gasteiger partial charge in [-0.15, -0.1) is 0 Å². The van der Waals surface area contributed by atoms with E-state index in [0.29, 0.717) is 11.4 Å². The van der Waals surface area contributed by atoms with E-state index >= 15 is 0 Å². The zero-order chi connectivity index (χ0) is 13.8. The van der Waals surface area contributed by atoms with E-state index in [1.165, 1.54) is 0 Å². The molecule has 2 aromatic rings. The molecule has 0 fully saturated rings. The van der Waals surface area contributed by atoms with Crippen LogP contribution in [0.15, 0.2) is 36.4 Å². The van der Waals surface area contributed by atoms with Crippen molar-refractivity contribution >= 4 is 17.1 Å². The maximum Gasteiger partial charge on any atom is 0.143 e. The summed E-state index contributed by atoms with van der Waals surface area (Å²) >= 11 is 0. The van der Waals surface area contributed by atoms with E-state index in [2.05, 4.69) is 5.32 Å². The highest BCUT2D eigenvalue weighted by Crippen LogP contribution is 2.32. The van der Waals surface area contributed by atoms with Gasteiger partial charge < -0.3 is 20.5 Å². The van der Waals surface area contributed by atoms with Gasteiger partial charge in [-0.1, -0.05) is 6.07 Å². The molecule has 0 atom stereocenters. The number of para-hydroxylation sites is 1. The standard InChI is InChI=1S/C15H18N2O2/c1-10-9-11(7-8-13(10)18-2)17-12-5-4-6-14(19-3)15(12)16/h4-9,17H,16H2,1-3H3. The summed E-state index contributed by atoms with van der Waals surface area (Å²) in [5, 5.41) is 3.28. The molecular formula is C15H18N2O2. The van der Waals surface area contributed by atoms with Crippen molar-refractivity contribution < 1.29 is 9.47 Å². The molecule has 19 heavy (non-hydrogen) atoms. The molecule has 0 aliphatic rings. The molecule has 2 aromatic carbocycles. The van der Waals surface area contributed by atoms with Gasteiger partial charge in [0.15, 0.2) is 0 Å². The van der Waals surface area contributed by atoms with Crippen LogP contribution in [-0.4, -0.2) is 14.2 Å². The number of methoxy groups -OCH3 is 2. The summed E-state index contributed by atoms with van der Waals surface area (Å²) in [5.41, 5.74) is 9.46. The van der Waals surface area contributed by atoms with Gasteiger partial charge in [0, 0.05) is 5.69 Å². The lowest BCUT2D eigenvalue weighted by atomic mass is 10.2. The van der Waals surface area contributed by atoms with E-state index in [4.69, 9.17) is 15.2 Å². The van der Waals surface area contributed by atoms with Gasteiger partial charge in [0.05, 0.1) is 25.6 Å². The molecule has 0 heterocycles. The van der Waals surface area contributed by atoms with E-state index in [1.54, 1.807) is 14.2 Å². The molecule has 2 rings (SSSR count). The van der Waals surface area contributed by atoms with Crippen molar-refractivity contribution in [2.75, 3.05) is 25.3 Å². The Bertz CT molecular complexity index is 582. The lowest BCUT2D eigenvalue weighted by molar-refractivity contribution is 0.412. The van der Waals surface area contributed by atoms with Gasteiger partial charge in [0.2, 0.25) is 0 Å². The van der Waals surface area contributed by atoms with Gasteiger partial charge in [-0.2, -0.15) is 0 Å². The Hall–Kier alpha value is -2.36. The second-order valence-electron chi connectivity index (χ2n) is 4.23. The quantitative estimate of drug-likeness (QED) is 0.826. The molecule has 0 aromatic heterocycles. The van der Waals surface area contributed by atoms with Crippen LogP contribution in [0.2, 0.25) is 0 Å². The van der Waals surface area contributed by atoms with Crippen molar-refractivity contribution in [3.63, 3.8) is 0 Å². The largest absolute Gasteiger partial charge is 0.496 e. The average molecular weight is 258 g/mol. The molecule has 4 nitrogen and oxygen atoms in total. The van der Waals surface area contributed by atoms with Crippen molar-refractivity contribution in [1.82, 2.24) is 0 Å². The Balaban J connectivity index is 2.29. The molecule has 0 saturated carbocycles. The summed E-state index contributed by atoms with van der Waals surface area (Å²) in [5.74, 6) is 1.53. The monoisotopic (exact) mass is 258 g/mol. The fourth-order valence-corrected chi connectivity index (χ4v) is 1.94. The summed E-state index contributed by atoms with van der Waals surface area (Å²) in [4.78, 5) is 0. The molecule has 0 spiro atoms. The predicted octanol–water partition coefficient (Wildman–Crippen LogP) is 3.34. The van der Waals surface area contributed by atoms with Crippen LogP contribution in [0, 0.1) is 6.92 Å². The summed E-state index contributed by atoms with van der Waals surface area (Å²) in [7, 11) is 3.27. The van der Waals surface area contributed by atoms with Crippen LogP contribution in [0.3, 0.4) is 0 Å². The first-order valence-corrected chi connectivity index (χ1v) is 6.00. The Kier molecular flexibility index (Phi) is 3.80. The number of hydrogen-bond acceptors (Lipinski definition) is 4. The van der Waals surface area contributed by atoms with Crippen LogP contribution in [0.5, 0.6) is 11.5 Å². The van der Waals surface area contributed by atoms with E-state index in [-0.39, 0.29) is 0 Å². The first kappa shape index (κ1) is 13.1. The lowest BCUT2D eigenvalue weighted by Gasteiger charge is -2.13. The topological polar surface area (TPSA) is 56.5 Å². The summed E-state index contributed by atoms with van der Waals surface area (Å²) < 4.78 is 10.4. The van der Waals surface area contributed by atoms with Gasteiger partial charge in [-0.3, -0.25) is 0 Å². The van der Waals surface area contributed by atoms with Crippen LogP contribution in [0.4, 0.5) is 17.1 Å². The SMILES string of the molecule is COc1ccc(Nc2cccc(OC)c2N)cc1C. The molecule has 0 amide bonds. The lowest BCUT2D eigenvalue weighted by Crippen LogP contribution is -1.99. The molecule has 0 saturated heterocycles. The molecule has 0 aliphatic carbocycles. The van der Waals surface area contributed by atoms with E-state index in [0.717, 1.165) is 22.7 Å². The van der Waals surface area contributed by atoms with Crippen molar-refractivity contribution in [3.8, 4) is 11.5 Å². The molecule has 0 radical (unpaired) electrons. The summed E-state index contributed by atoms with van der Waals surface area (Å²) in [6, 6.07) is 11.5. The highest BCUT2D eigenvalue weighted by atomic mass is 16.5. The maximum atomic E-state index is 6.02. The van der Waals surface area contributed by atoms with Crippen LogP contribution < -0.4 is 20.5 Å². The van der Waals surface area contributed by atoms with Crippen LogP contribution in [0.1, 0.15) is 5.56 Å². The van der Waals surface area contributed by atoms with Crippen LogP contribution >= 0.6 is 0 Å². The highest BCUT2D eigenvalue weighted by Gasteiger charge is 2.06. The normalized spacial score (nSPS) is 10.1. The van der Waals surface area contributed by atoms with E-state index in [9.17, 15) is 0 Å². The number of nitrogens with one attached hydrogen (secondary N) is 1. The molecule has 3 N–H and O–H groups in total. The number of nitrogens with two attached hydrogens (primary N) is 1. The fourth-order valence-electron chi connectivity index (χ4n) is 1.94. The second-order valence-corrected chi connectivity index (χ2v) is 4.23. The predicted molar refractivity (Wildman–Crippen MR) is 78.4 cm³/mol. The first-order chi connectivity index (χ1) is 9.15. The number of anilines is 3. The van der Waals surface area contributed by atoms with Gasteiger partial charge >= 0.3 is 0 Å². The second kappa shape index (κ2) is 5.52. The Labute approximate surface area is 113 Å². The average Bonchev–Trinajstić information content (AvgIpc) is 2.41. The third kappa shape index (κ3) is 2.73. The Morgan fingerprint density at radius 1 is 1.00 bits per heavy atom. The number of benzene rings is 2. The first-order valence-electron chi connectivity index (χ1n) is 6.00. The Morgan fingerprint density at radius 3 is 2.37 bits per heavy atom. The van der Waals surface area contributed by atoms with Crippen molar-refractivity contribution in [1.29, 1.82) is 0 Å². The smallest absolute Gasteiger partial charge is 0.143 e. The fraction of sp³-hybridized carbons (Fsp3) is 0.200. The number of nitrogen functional groups attached to an aromatic ring is 1. The minimum absolute atomic E-state index is 0.596. The van der Waals surface area contributed by atoms with Gasteiger partial charge in [0.25, 0.3) is 0 Å². The minimum Gasteiger partial charge on any atom is -0.496 e. The van der Waals surface area contributed by atoms with Crippen LogP contribution in [-0.2, 0) is 0 Å². The summed E-state index contributed by atoms with van der Waals surface area (Å²) in [6.07, 6.45) is 0. The molecule has 4 heteroatoms. The van der Waals surface area contributed by atoms with Gasteiger partial charge in [-0.05, 0) is 42.8 Å². The molecule has 0 bridgehead atoms. The molecular weight excluding hydrogens is 240 g/mol. The molecule has 0 aliphatic heterocycles. The third-order valence-electron chi connectivity index (χ3n) is 2.96. The van der Waals surface area contributed by atoms with E-state index in [1.807, 2.05) is 43.3 Å². The highest BCUT2D eigenvalue weighted by molar-refractivity contribution is 5.77. The number of rotatable bonds is 4. The molecule has 100 valence electrons. The number of hydrogen-bond donors (Lipinski definition) is 2. The maximum absolute atomic E-state index is 6.02. The summed E-state index contributed by atoms with van der Waals surface area (Å²) in [6.45, 7) is 2.00. The van der Waals surface area contributed by atoms with Crippen molar-refractivity contribution in [2.45, 2.75) is 6.92 Å². The molecule has 0 unspecified atom stereocenters. The van der Waals surface area contributed by atoms with Crippen LogP contribution in [0.25, 0.3) is 0 Å². The minimum atomic E-state index is 0.596. The number of aryl methyl sites for hydroxylation is 1. The Morgan fingerprint density at radius 2 is 1.74 bits per heavy atom. The van der Waals surface area contributed by atoms with Crippen molar-refractivity contribution in [3.05, 3.63) is 42.0 Å². The zero-order valence-corrected chi connectivity index (χ0v) is 11.4. The third-order valence-corrected chi connectivity index (χ3v) is 2.96. The zero-order valence-electron chi connectivity index (χ0n) is 11.4. The van der Waals surface area contributed by atoms with Gasteiger partial charge in [-0.25, -0.2) is 0 Å². The van der Waals surface area contributed by atoms with Crippen molar-refractivity contribution in [2.24, 2.45) is 0 Å². The van der Waals surface area contributed by atoms with E-state index < -0.39 is 0 Å². The van der Waals surface area contributed by atoms with Gasteiger partial charge in [0.1, 0.15) is 11.5 Å². The number of ether oxygens (including phenoxy) is 2.